The number of nitrogens with zero attached hydrogens (tertiary/aromatic N) is 5. The molecule has 0 bridgehead atoms. The monoisotopic (exact) mass is 435 g/mol. The number of piperazine rings is 1. The fourth-order valence-electron chi connectivity index (χ4n) is 3.84. The van der Waals surface area contributed by atoms with Crippen molar-refractivity contribution in [1.29, 1.82) is 0 Å². The number of benzene rings is 1. The third-order valence-corrected chi connectivity index (χ3v) is 5.56. The zero-order valence-electron chi connectivity index (χ0n) is 17.9. The molecular formula is C22H23N6O4-. The van der Waals surface area contributed by atoms with Crippen LogP contribution in [0.5, 0.6) is 0 Å². The van der Waals surface area contributed by atoms with Gasteiger partial charge in [0.25, 0.3) is 5.56 Å². The molecule has 3 aromatic rings. The summed E-state index contributed by atoms with van der Waals surface area (Å²) in [5, 5.41) is 14.3. The van der Waals surface area contributed by atoms with Crippen molar-refractivity contribution in [1.82, 2.24) is 24.0 Å². The van der Waals surface area contributed by atoms with Gasteiger partial charge in [0.1, 0.15) is 0 Å². The molecule has 4 rings (SSSR count). The highest BCUT2D eigenvalue weighted by Crippen LogP contribution is 2.20. The molecule has 1 aliphatic rings. The number of carbonyl (C=O) groups is 1. The first kappa shape index (κ1) is 21.4. The number of hydrogen-bond donors (Lipinski definition) is 1. The second kappa shape index (κ2) is 8.72. The molecule has 10 heteroatoms. The summed E-state index contributed by atoms with van der Waals surface area (Å²) in [6, 6.07) is 5.91. The van der Waals surface area contributed by atoms with E-state index in [-0.39, 0.29) is 18.7 Å². The Labute approximate surface area is 183 Å². The number of carboxylic acids is 1. The number of carbonyl (C=O) groups excluding carboxylic acids is 1. The highest BCUT2D eigenvalue weighted by molar-refractivity contribution is 5.85. The molecular weight excluding hydrogens is 412 g/mol. The van der Waals surface area contributed by atoms with Crippen LogP contribution in [0.2, 0.25) is 0 Å². The number of aryl methyl sites for hydroxylation is 1. The van der Waals surface area contributed by atoms with E-state index in [4.69, 9.17) is 0 Å². The van der Waals surface area contributed by atoms with Gasteiger partial charge in [0, 0.05) is 33.2 Å². The summed E-state index contributed by atoms with van der Waals surface area (Å²) in [6.07, 6.45) is 0. The molecule has 3 heterocycles. The first-order valence-electron chi connectivity index (χ1n) is 10.3. The maximum Gasteiger partial charge on any atom is 0.332 e. The molecule has 1 fully saturated rings. The van der Waals surface area contributed by atoms with Gasteiger partial charge in [0.2, 0.25) is 5.95 Å². The number of nitrogens with one attached hydrogen (secondary N) is 1. The topological polar surface area (TPSA) is 117 Å². The second-order valence-corrected chi connectivity index (χ2v) is 7.55. The molecule has 0 radical (unpaired) electrons. The van der Waals surface area contributed by atoms with Crippen LogP contribution in [0.3, 0.4) is 0 Å². The van der Waals surface area contributed by atoms with Gasteiger partial charge in [-0.05, 0) is 18.1 Å². The van der Waals surface area contributed by atoms with E-state index >= 15 is 0 Å². The van der Waals surface area contributed by atoms with Crippen LogP contribution in [-0.2, 0) is 20.1 Å². The van der Waals surface area contributed by atoms with Crippen LogP contribution >= 0.6 is 0 Å². The third kappa shape index (κ3) is 3.78. The molecule has 1 N–H and O–H groups in total. The summed E-state index contributed by atoms with van der Waals surface area (Å²) in [5.74, 6) is 5.19. The van der Waals surface area contributed by atoms with Crippen LogP contribution in [0.4, 0.5) is 5.95 Å². The van der Waals surface area contributed by atoms with E-state index in [0.717, 1.165) is 30.7 Å². The molecule has 0 amide bonds. The second-order valence-electron chi connectivity index (χ2n) is 7.55. The molecule has 2 aromatic heterocycles. The van der Waals surface area contributed by atoms with Gasteiger partial charge in [-0.25, -0.2) is 4.79 Å². The lowest BCUT2D eigenvalue weighted by Crippen LogP contribution is -2.44. The molecule has 1 saturated heterocycles. The smallest absolute Gasteiger partial charge is 0.332 e. The van der Waals surface area contributed by atoms with E-state index in [1.165, 1.54) is 16.7 Å². The SMILES string of the molecule is CC#CCn1c(N2CCNCC2)nc2c1c(=O)n(Cc1ccc(C(=O)[O-])cc1)c(=O)n2C. The number of fused-ring (bicyclic) bond motifs is 1. The van der Waals surface area contributed by atoms with Crippen LogP contribution < -0.4 is 26.6 Å². The number of aromatic nitrogens is 4. The molecule has 166 valence electrons. The van der Waals surface area contributed by atoms with Crippen molar-refractivity contribution in [3.8, 4) is 11.8 Å². The van der Waals surface area contributed by atoms with E-state index in [1.807, 2.05) is 0 Å². The maximum atomic E-state index is 13.5. The fraction of sp³-hybridized carbons (Fsp3) is 0.364. The lowest BCUT2D eigenvalue weighted by atomic mass is 10.1. The average Bonchev–Trinajstić information content (AvgIpc) is 3.19. The summed E-state index contributed by atoms with van der Waals surface area (Å²) >= 11 is 0. The summed E-state index contributed by atoms with van der Waals surface area (Å²) in [4.78, 5) is 44.2. The third-order valence-electron chi connectivity index (χ3n) is 5.56. The van der Waals surface area contributed by atoms with Crippen molar-refractivity contribution in [2.75, 3.05) is 31.1 Å². The standard InChI is InChI=1S/C22H24N6O4/c1-3-4-11-27-17-18(24-21(27)26-12-9-23-10-13-26)25(2)22(32)28(19(17)29)14-15-5-7-16(8-6-15)20(30)31/h5-8,23H,9-14H2,1-2H3,(H,30,31)/p-1. The van der Waals surface area contributed by atoms with Gasteiger partial charge in [-0.2, -0.15) is 4.98 Å². The molecule has 0 atom stereocenters. The van der Waals surface area contributed by atoms with Gasteiger partial charge in [-0.3, -0.25) is 18.5 Å². The molecule has 0 spiro atoms. The Morgan fingerprint density at radius 2 is 1.84 bits per heavy atom. The van der Waals surface area contributed by atoms with Gasteiger partial charge < -0.3 is 20.1 Å². The van der Waals surface area contributed by atoms with E-state index in [9.17, 15) is 19.5 Å². The number of imidazole rings is 1. The minimum Gasteiger partial charge on any atom is -0.545 e. The molecule has 0 unspecified atom stereocenters. The number of rotatable bonds is 5. The Kier molecular flexibility index (Phi) is 5.83. The Morgan fingerprint density at radius 1 is 1.16 bits per heavy atom. The Bertz CT molecular complexity index is 1350. The predicted molar refractivity (Wildman–Crippen MR) is 118 cm³/mol. The van der Waals surface area contributed by atoms with Crippen LogP contribution in [0.25, 0.3) is 11.2 Å². The highest BCUT2D eigenvalue weighted by atomic mass is 16.4. The molecule has 0 saturated carbocycles. The van der Waals surface area contributed by atoms with Gasteiger partial charge in [-0.1, -0.05) is 30.2 Å². The molecule has 0 aliphatic carbocycles. The largest absolute Gasteiger partial charge is 0.545 e. The molecule has 1 aromatic carbocycles. The summed E-state index contributed by atoms with van der Waals surface area (Å²) in [7, 11) is 1.59. The predicted octanol–water partition coefficient (Wildman–Crippen LogP) is -1.26. The zero-order valence-corrected chi connectivity index (χ0v) is 17.9. The molecule has 32 heavy (non-hydrogen) atoms. The van der Waals surface area contributed by atoms with Gasteiger partial charge in [-0.15, -0.1) is 5.92 Å². The van der Waals surface area contributed by atoms with E-state index < -0.39 is 17.2 Å². The summed E-state index contributed by atoms with van der Waals surface area (Å²) in [6.45, 7) is 5.07. The van der Waals surface area contributed by atoms with E-state index in [0.29, 0.717) is 22.7 Å². The van der Waals surface area contributed by atoms with Gasteiger partial charge in [0.15, 0.2) is 11.2 Å². The van der Waals surface area contributed by atoms with E-state index in [2.05, 4.69) is 27.0 Å². The number of anilines is 1. The van der Waals surface area contributed by atoms with Crippen molar-refractivity contribution in [3.63, 3.8) is 0 Å². The number of hydrogen-bond acceptors (Lipinski definition) is 7. The lowest BCUT2D eigenvalue weighted by Gasteiger charge is -2.28. The molecule has 10 nitrogen and oxygen atoms in total. The van der Waals surface area contributed by atoms with E-state index in [1.54, 1.807) is 30.7 Å². The summed E-state index contributed by atoms with van der Waals surface area (Å²) < 4.78 is 4.28. The van der Waals surface area contributed by atoms with Gasteiger partial charge in [0.05, 0.1) is 19.1 Å². The van der Waals surface area contributed by atoms with Crippen molar-refractivity contribution in [2.24, 2.45) is 7.05 Å². The number of aromatic carboxylic acids is 1. The summed E-state index contributed by atoms with van der Waals surface area (Å²) in [5.41, 5.74) is 0.324. The zero-order chi connectivity index (χ0) is 22.8. The maximum absolute atomic E-state index is 13.5. The fourth-order valence-corrected chi connectivity index (χ4v) is 3.84. The first-order valence-corrected chi connectivity index (χ1v) is 10.3. The van der Waals surface area contributed by atoms with Gasteiger partial charge >= 0.3 is 5.69 Å². The van der Waals surface area contributed by atoms with Crippen molar-refractivity contribution in [3.05, 3.63) is 56.2 Å². The lowest BCUT2D eigenvalue weighted by molar-refractivity contribution is -0.255. The Morgan fingerprint density at radius 3 is 2.47 bits per heavy atom. The van der Waals surface area contributed by atoms with Crippen LogP contribution in [0.1, 0.15) is 22.8 Å². The average molecular weight is 435 g/mol. The minimum absolute atomic E-state index is 0.00236. The first-order chi connectivity index (χ1) is 15.4. The van der Waals surface area contributed by atoms with Crippen molar-refractivity contribution >= 4 is 23.1 Å². The van der Waals surface area contributed by atoms with Crippen LogP contribution in [0.15, 0.2) is 33.9 Å². The highest BCUT2D eigenvalue weighted by Gasteiger charge is 2.24. The number of carboxylic acid groups (broad SMARTS) is 1. The van der Waals surface area contributed by atoms with Crippen LogP contribution in [0, 0.1) is 11.8 Å². The quantitative estimate of drug-likeness (QED) is 0.497. The van der Waals surface area contributed by atoms with Crippen molar-refractivity contribution in [2.45, 2.75) is 20.0 Å². The Hall–Kier alpha value is -3.84. The normalized spacial score (nSPS) is 13.8. The van der Waals surface area contributed by atoms with Crippen molar-refractivity contribution < 1.29 is 9.90 Å². The Balaban J connectivity index is 1.87. The molecule has 1 aliphatic heterocycles. The minimum atomic E-state index is -1.28. The van der Waals surface area contributed by atoms with Crippen LogP contribution in [-0.4, -0.2) is 50.8 Å².